The molecule has 0 fully saturated rings. The highest BCUT2D eigenvalue weighted by atomic mass is 16.7. The molecule has 0 spiro atoms. The maximum absolute atomic E-state index is 9.38. The number of carbonyl (C=O) groups excluding carboxylic acids is 1. The third-order valence-electron chi connectivity index (χ3n) is 2.25. The van der Waals surface area contributed by atoms with Crippen molar-refractivity contribution in [2.24, 2.45) is 0 Å². The molecule has 0 radical (unpaired) electrons. The van der Waals surface area contributed by atoms with Gasteiger partial charge in [-0.05, 0) is 12.8 Å². The van der Waals surface area contributed by atoms with Gasteiger partial charge in [0.2, 0.25) is 0 Å². The fraction of sp³-hybridized carbons (Fsp3) is 0.786. The van der Waals surface area contributed by atoms with E-state index in [0.29, 0.717) is 0 Å². The molecule has 0 rings (SSSR count). The number of hydrogen-bond donors (Lipinski definition) is 0. The summed E-state index contributed by atoms with van der Waals surface area (Å²) < 4.78 is 5.00. The molecule has 4 heteroatoms. The predicted molar refractivity (Wildman–Crippen MR) is 73.2 cm³/mol. The van der Waals surface area contributed by atoms with Crippen molar-refractivity contribution in [1.82, 2.24) is 0 Å². The minimum Gasteiger partial charge on any atom is -0.546 e. The van der Waals surface area contributed by atoms with E-state index in [-0.39, 0.29) is 6.61 Å². The van der Waals surface area contributed by atoms with Gasteiger partial charge in [-0.15, -0.1) is 6.58 Å². The van der Waals surface area contributed by atoms with E-state index in [1.165, 1.54) is 44.7 Å². The van der Waals surface area contributed by atoms with E-state index in [1.807, 2.05) is 0 Å². The molecular formula is C14H29NO3. The molecule has 4 nitrogen and oxygen atoms in total. The molecule has 0 aliphatic heterocycles. The lowest BCUT2D eigenvalue weighted by atomic mass is 10.1. The summed E-state index contributed by atoms with van der Waals surface area (Å²) in [6.07, 6.45) is 6.82. The Morgan fingerprint density at radius 1 is 1.22 bits per heavy atom. The summed E-state index contributed by atoms with van der Waals surface area (Å²) in [5.41, 5.74) is 0. The zero-order chi connectivity index (χ0) is 14.4. The predicted octanol–water partition coefficient (Wildman–Crippen LogP) is 2.20. The van der Waals surface area contributed by atoms with Gasteiger partial charge >= 0.3 is 0 Å². The largest absolute Gasteiger partial charge is 0.546 e. The lowest BCUT2D eigenvalue weighted by Crippen LogP contribution is -2.35. The van der Waals surface area contributed by atoms with Gasteiger partial charge in [0.1, 0.15) is 0 Å². The van der Waals surface area contributed by atoms with Crippen LogP contribution in [0.15, 0.2) is 12.7 Å². The minimum atomic E-state index is -1.51. The van der Waals surface area contributed by atoms with Crippen molar-refractivity contribution in [2.45, 2.75) is 39.0 Å². The van der Waals surface area contributed by atoms with Crippen molar-refractivity contribution in [3.05, 3.63) is 12.7 Å². The highest BCUT2D eigenvalue weighted by Gasteiger charge is 2.04. The Hall–Kier alpha value is -1.03. The van der Waals surface area contributed by atoms with E-state index in [0.717, 1.165) is 4.48 Å². The number of carbonyl (C=O) groups is 1. The van der Waals surface area contributed by atoms with Crippen LogP contribution in [-0.4, -0.2) is 44.9 Å². The molecule has 0 atom stereocenters. The lowest BCUT2D eigenvalue weighted by molar-refractivity contribution is -0.870. The summed E-state index contributed by atoms with van der Waals surface area (Å²) in [4.78, 5) is 9.38. The van der Waals surface area contributed by atoms with Crippen LogP contribution in [0.1, 0.15) is 39.0 Å². The number of hydrogen-bond acceptors (Lipinski definition) is 3. The van der Waals surface area contributed by atoms with Gasteiger partial charge in [0, 0.05) is 6.61 Å². The van der Waals surface area contributed by atoms with Crippen LogP contribution in [0.2, 0.25) is 0 Å². The molecule has 0 heterocycles. The van der Waals surface area contributed by atoms with Gasteiger partial charge in [-0.25, -0.2) is 0 Å². The normalized spacial score (nSPS) is 10.2. The van der Waals surface area contributed by atoms with Crippen LogP contribution in [0, 0.1) is 0 Å². The molecule has 0 aliphatic rings. The zero-order valence-electron chi connectivity index (χ0n) is 12.4. The van der Waals surface area contributed by atoms with Gasteiger partial charge in [-0.1, -0.05) is 32.3 Å². The summed E-state index contributed by atoms with van der Waals surface area (Å²) in [6, 6.07) is 0. The lowest BCUT2D eigenvalue weighted by Gasteiger charge is -2.23. The van der Waals surface area contributed by atoms with Gasteiger partial charge in [0.05, 0.1) is 27.7 Å². The van der Waals surface area contributed by atoms with E-state index in [2.05, 4.69) is 39.4 Å². The van der Waals surface area contributed by atoms with Crippen molar-refractivity contribution in [2.75, 3.05) is 34.3 Å². The molecule has 0 aromatic carbocycles. The average molecular weight is 259 g/mol. The molecule has 0 saturated heterocycles. The van der Waals surface area contributed by atoms with Crippen LogP contribution < -0.4 is 5.11 Å². The van der Waals surface area contributed by atoms with Gasteiger partial charge < -0.3 is 19.1 Å². The second kappa shape index (κ2) is 12.4. The standard InChI is InChI=1S/C10H24N.C4H6O3/c1-5-6-7-8-9-10-11(2,3)4;1-2-3-7-4(5)6/h5-10H2,1-4H3;2H,1,3H2,(H,5,6)/q+1;/p-1. The maximum atomic E-state index is 9.38. The van der Waals surface area contributed by atoms with Crippen LogP contribution >= 0.6 is 0 Å². The fourth-order valence-corrected chi connectivity index (χ4v) is 1.32. The Morgan fingerprint density at radius 3 is 2.11 bits per heavy atom. The van der Waals surface area contributed by atoms with Crippen LogP contribution in [0.5, 0.6) is 0 Å². The molecule has 0 amide bonds. The van der Waals surface area contributed by atoms with Gasteiger partial charge in [0.25, 0.3) is 6.16 Å². The number of rotatable bonds is 8. The minimum absolute atomic E-state index is 0.00231. The van der Waals surface area contributed by atoms with Crippen LogP contribution in [0.3, 0.4) is 0 Å². The number of nitrogens with zero attached hydrogens (tertiary/aromatic N) is 1. The first-order valence-corrected chi connectivity index (χ1v) is 6.58. The first-order chi connectivity index (χ1) is 8.33. The molecule has 0 aromatic heterocycles. The Morgan fingerprint density at radius 2 is 1.78 bits per heavy atom. The van der Waals surface area contributed by atoms with E-state index in [4.69, 9.17) is 0 Å². The molecule has 18 heavy (non-hydrogen) atoms. The molecule has 108 valence electrons. The average Bonchev–Trinajstić information content (AvgIpc) is 2.25. The smallest absolute Gasteiger partial charge is 0.252 e. The molecular weight excluding hydrogens is 230 g/mol. The molecule has 0 bridgehead atoms. The summed E-state index contributed by atoms with van der Waals surface area (Å²) in [6.45, 7) is 6.81. The summed E-state index contributed by atoms with van der Waals surface area (Å²) >= 11 is 0. The summed E-state index contributed by atoms with van der Waals surface area (Å²) in [5.74, 6) is 0. The maximum Gasteiger partial charge on any atom is 0.252 e. The SMILES string of the molecule is C=CCOC(=O)[O-].CCCCCCC[N+](C)(C)C. The van der Waals surface area contributed by atoms with E-state index < -0.39 is 6.16 Å². The quantitative estimate of drug-likeness (QED) is 0.290. The van der Waals surface area contributed by atoms with Gasteiger partial charge in [0.15, 0.2) is 0 Å². The van der Waals surface area contributed by atoms with E-state index in [9.17, 15) is 9.90 Å². The Balaban J connectivity index is 0. The topological polar surface area (TPSA) is 49.4 Å². The van der Waals surface area contributed by atoms with Crippen molar-refractivity contribution in [1.29, 1.82) is 0 Å². The second-order valence-corrected chi connectivity index (χ2v) is 5.28. The molecule has 0 aromatic rings. The number of quaternary nitrogens is 1. The molecule has 0 aliphatic carbocycles. The zero-order valence-corrected chi connectivity index (χ0v) is 12.4. The van der Waals surface area contributed by atoms with Crippen molar-refractivity contribution < 1.29 is 19.1 Å². The molecule has 0 unspecified atom stereocenters. The van der Waals surface area contributed by atoms with Crippen LogP contribution in [0.25, 0.3) is 0 Å². The monoisotopic (exact) mass is 259 g/mol. The number of carboxylic acid groups (broad SMARTS) is 1. The van der Waals surface area contributed by atoms with Gasteiger partial charge in [-0.2, -0.15) is 0 Å². The fourth-order valence-electron chi connectivity index (χ4n) is 1.32. The van der Waals surface area contributed by atoms with Crippen molar-refractivity contribution >= 4 is 6.16 Å². The van der Waals surface area contributed by atoms with Crippen molar-refractivity contribution in [3.8, 4) is 0 Å². The van der Waals surface area contributed by atoms with Crippen LogP contribution in [-0.2, 0) is 4.74 Å². The highest BCUT2D eigenvalue weighted by molar-refractivity contribution is 5.54. The molecule has 0 N–H and O–H groups in total. The third-order valence-corrected chi connectivity index (χ3v) is 2.25. The first kappa shape index (κ1) is 19.3. The van der Waals surface area contributed by atoms with Crippen molar-refractivity contribution in [3.63, 3.8) is 0 Å². The number of ether oxygens (including phenoxy) is 1. The van der Waals surface area contributed by atoms with Gasteiger partial charge in [-0.3, -0.25) is 0 Å². The van der Waals surface area contributed by atoms with Crippen LogP contribution in [0.4, 0.5) is 4.79 Å². The summed E-state index contributed by atoms with van der Waals surface area (Å²) in [5, 5.41) is 9.38. The number of unbranched alkanes of at least 4 members (excludes halogenated alkanes) is 4. The highest BCUT2D eigenvalue weighted by Crippen LogP contribution is 2.04. The third kappa shape index (κ3) is 24.3. The summed E-state index contributed by atoms with van der Waals surface area (Å²) in [7, 11) is 6.79. The van der Waals surface area contributed by atoms with E-state index >= 15 is 0 Å². The molecule has 0 saturated carbocycles. The first-order valence-electron chi connectivity index (χ1n) is 6.58. The van der Waals surface area contributed by atoms with E-state index in [1.54, 1.807) is 0 Å². The Kier molecular flexibility index (Phi) is 13.3. The second-order valence-electron chi connectivity index (χ2n) is 5.28. The Labute approximate surface area is 112 Å². The Bertz CT molecular complexity index is 210.